The van der Waals surface area contributed by atoms with Gasteiger partial charge in [-0.25, -0.2) is 9.97 Å². The van der Waals surface area contributed by atoms with Crippen LogP contribution in [-0.2, 0) is 16.1 Å². The molecule has 1 amide bonds. The Morgan fingerprint density at radius 1 is 1.42 bits per heavy atom. The molecule has 9 nitrogen and oxygen atoms in total. The van der Waals surface area contributed by atoms with Crippen LogP contribution >= 0.6 is 0 Å². The lowest BCUT2D eigenvalue weighted by Crippen LogP contribution is -2.46. The molecule has 1 atom stereocenters. The standard InChI is InChI=1S/C15H20N6O3/c1-23-6-5-16-15(22)12-9-20(8-11-3-4-19-21(11)12)13-7-14(24-2)18-10-17-13/h3-4,7,10,12H,5-6,8-9H2,1-2H3,(H,16,22). The summed E-state index contributed by atoms with van der Waals surface area (Å²) < 4.78 is 11.9. The van der Waals surface area contributed by atoms with E-state index in [1.54, 1.807) is 31.2 Å². The minimum absolute atomic E-state index is 0.0947. The quantitative estimate of drug-likeness (QED) is 0.744. The van der Waals surface area contributed by atoms with E-state index in [0.29, 0.717) is 37.9 Å². The highest BCUT2D eigenvalue weighted by Gasteiger charge is 2.31. The summed E-state index contributed by atoms with van der Waals surface area (Å²) in [5.41, 5.74) is 0.950. The molecule has 2 aromatic rings. The van der Waals surface area contributed by atoms with Crippen LogP contribution in [0.1, 0.15) is 11.7 Å². The maximum absolute atomic E-state index is 12.5. The van der Waals surface area contributed by atoms with Gasteiger partial charge < -0.3 is 19.7 Å². The maximum atomic E-state index is 12.5. The Hall–Kier alpha value is -2.68. The minimum Gasteiger partial charge on any atom is -0.481 e. The number of hydrogen-bond donors (Lipinski definition) is 1. The predicted molar refractivity (Wildman–Crippen MR) is 85.8 cm³/mol. The molecule has 0 radical (unpaired) electrons. The zero-order valence-corrected chi connectivity index (χ0v) is 13.7. The summed E-state index contributed by atoms with van der Waals surface area (Å²) in [6, 6.07) is 3.23. The summed E-state index contributed by atoms with van der Waals surface area (Å²) in [6.07, 6.45) is 3.16. The highest BCUT2D eigenvalue weighted by Crippen LogP contribution is 2.25. The molecule has 0 spiro atoms. The number of nitrogens with one attached hydrogen (secondary N) is 1. The Balaban J connectivity index is 1.81. The van der Waals surface area contributed by atoms with Gasteiger partial charge in [-0.1, -0.05) is 0 Å². The molecule has 0 bridgehead atoms. The molecule has 1 aliphatic rings. The number of hydrogen-bond acceptors (Lipinski definition) is 7. The van der Waals surface area contributed by atoms with Crippen molar-refractivity contribution >= 4 is 11.7 Å². The average molecular weight is 332 g/mol. The van der Waals surface area contributed by atoms with Crippen molar-refractivity contribution in [1.82, 2.24) is 25.1 Å². The molecule has 2 aromatic heterocycles. The molecule has 0 saturated carbocycles. The second-order valence-corrected chi connectivity index (χ2v) is 5.37. The van der Waals surface area contributed by atoms with Crippen molar-refractivity contribution in [3.8, 4) is 5.88 Å². The van der Waals surface area contributed by atoms with E-state index in [1.807, 2.05) is 11.0 Å². The van der Waals surface area contributed by atoms with Gasteiger partial charge in [0, 0.05) is 25.9 Å². The number of rotatable bonds is 6. The van der Waals surface area contributed by atoms with Gasteiger partial charge in [-0.2, -0.15) is 5.10 Å². The number of nitrogens with zero attached hydrogens (tertiary/aromatic N) is 5. The van der Waals surface area contributed by atoms with E-state index in [1.165, 1.54) is 6.33 Å². The summed E-state index contributed by atoms with van der Waals surface area (Å²) in [4.78, 5) is 22.8. The third-order valence-electron chi connectivity index (χ3n) is 3.86. The molecule has 24 heavy (non-hydrogen) atoms. The monoisotopic (exact) mass is 332 g/mol. The van der Waals surface area contributed by atoms with E-state index in [9.17, 15) is 4.79 Å². The summed E-state index contributed by atoms with van der Waals surface area (Å²) in [5.74, 6) is 1.10. The van der Waals surface area contributed by atoms with Gasteiger partial charge in [-0.3, -0.25) is 9.48 Å². The highest BCUT2D eigenvalue weighted by atomic mass is 16.5. The molecule has 3 rings (SSSR count). The van der Waals surface area contributed by atoms with Gasteiger partial charge in [0.05, 0.1) is 32.5 Å². The number of amides is 1. The van der Waals surface area contributed by atoms with Crippen LogP contribution in [0.4, 0.5) is 5.82 Å². The first-order valence-electron chi connectivity index (χ1n) is 7.63. The van der Waals surface area contributed by atoms with Crippen molar-refractivity contribution in [2.45, 2.75) is 12.6 Å². The average Bonchev–Trinajstić information content (AvgIpc) is 3.09. The largest absolute Gasteiger partial charge is 0.481 e. The third kappa shape index (κ3) is 3.30. The first-order valence-corrected chi connectivity index (χ1v) is 7.63. The molecule has 0 aromatic carbocycles. The molecule has 0 aliphatic carbocycles. The number of ether oxygens (including phenoxy) is 2. The number of carbonyl (C=O) groups is 1. The van der Waals surface area contributed by atoms with Crippen molar-refractivity contribution in [3.05, 3.63) is 30.4 Å². The molecule has 3 heterocycles. The van der Waals surface area contributed by atoms with Crippen molar-refractivity contribution in [2.24, 2.45) is 0 Å². The number of aromatic nitrogens is 4. The minimum atomic E-state index is -0.429. The van der Waals surface area contributed by atoms with Crippen LogP contribution in [0.15, 0.2) is 24.7 Å². The summed E-state index contributed by atoms with van der Waals surface area (Å²) in [7, 11) is 3.16. The molecule has 9 heteroatoms. The van der Waals surface area contributed by atoms with Crippen LogP contribution in [0, 0.1) is 0 Å². The van der Waals surface area contributed by atoms with Gasteiger partial charge in [0.15, 0.2) is 0 Å². The first kappa shape index (κ1) is 16.2. The number of anilines is 1. The Morgan fingerprint density at radius 2 is 2.29 bits per heavy atom. The molecule has 0 saturated heterocycles. The molecule has 1 unspecified atom stereocenters. The van der Waals surface area contributed by atoms with Crippen LogP contribution in [0.25, 0.3) is 0 Å². The topological polar surface area (TPSA) is 94.4 Å². The normalized spacial score (nSPS) is 16.6. The number of carbonyl (C=O) groups excluding carboxylic acids is 1. The molecule has 1 aliphatic heterocycles. The zero-order chi connectivity index (χ0) is 16.9. The lowest BCUT2D eigenvalue weighted by molar-refractivity contribution is -0.124. The van der Waals surface area contributed by atoms with Crippen molar-refractivity contribution in [3.63, 3.8) is 0 Å². The lowest BCUT2D eigenvalue weighted by atomic mass is 10.1. The van der Waals surface area contributed by atoms with Crippen molar-refractivity contribution < 1.29 is 14.3 Å². The maximum Gasteiger partial charge on any atom is 0.246 e. The molecule has 0 fully saturated rings. The highest BCUT2D eigenvalue weighted by molar-refractivity contribution is 5.81. The second-order valence-electron chi connectivity index (χ2n) is 5.37. The second kappa shape index (κ2) is 7.26. The first-order chi connectivity index (χ1) is 11.7. The fraction of sp³-hybridized carbons (Fsp3) is 0.467. The van der Waals surface area contributed by atoms with Gasteiger partial charge in [0.25, 0.3) is 0 Å². The smallest absolute Gasteiger partial charge is 0.246 e. The summed E-state index contributed by atoms with van der Waals surface area (Å²) in [6.45, 7) is 2.01. The zero-order valence-electron chi connectivity index (χ0n) is 13.7. The number of fused-ring (bicyclic) bond motifs is 1. The van der Waals surface area contributed by atoms with Crippen LogP contribution in [0.2, 0.25) is 0 Å². The van der Waals surface area contributed by atoms with E-state index in [-0.39, 0.29) is 5.91 Å². The molecule has 1 N–H and O–H groups in total. The van der Waals surface area contributed by atoms with Gasteiger partial charge in [-0.15, -0.1) is 0 Å². The van der Waals surface area contributed by atoms with Crippen LogP contribution < -0.4 is 15.0 Å². The van der Waals surface area contributed by atoms with Crippen LogP contribution in [0.3, 0.4) is 0 Å². The van der Waals surface area contributed by atoms with Gasteiger partial charge in [-0.05, 0) is 6.07 Å². The van der Waals surface area contributed by atoms with E-state index < -0.39 is 6.04 Å². The Kier molecular flexibility index (Phi) is 4.90. The van der Waals surface area contributed by atoms with E-state index in [2.05, 4.69) is 20.4 Å². The van der Waals surface area contributed by atoms with Gasteiger partial charge >= 0.3 is 0 Å². The van der Waals surface area contributed by atoms with Gasteiger partial charge in [0.1, 0.15) is 18.2 Å². The predicted octanol–water partition coefficient (Wildman–Crippen LogP) is 0.00560. The lowest BCUT2D eigenvalue weighted by Gasteiger charge is -2.33. The Labute approximate surface area is 139 Å². The SMILES string of the molecule is COCCNC(=O)C1CN(c2cc(OC)ncn2)Cc2ccnn21. The molecular weight excluding hydrogens is 312 g/mol. The fourth-order valence-corrected chi connectivity index (χ4v) is 2.67. The van der Waals surface area contributed by atoms with Crippen LogP contribution in [-0.4, -0.2) is 59.6 Å². The van der Waals surface area contributed by atoms with E-state index in [4.69, 9.17) is 9.47 Å². The Morgan fingerprint density at radius 3 is 3.08 bits per heavy atom. The summed E-state index contributed by atoms with van der Waals surface area (Å²) >= 11 is 0. The van der Waals surface area contributed by atoms with Crippen molar-refractivity contribution in [1.29, 1.82) is 0 Å². The van der Waals surface area contributed by atoms with Crippen molar-refractivity contribution in [2.75, 3.05) is 38.8 Å². The molecular formula is C15H20N6O3. The molecule has 128 valence electrons. The van der Waals surface area contributed by atoms with Crippen LogP contribution in [0.5, 0.6) is 5.88 Å². The summed E-state index contributed by atoms with van der Waals surface area (Å²) in [5, 5.41) is 7.16. The number of methoxy groups -OCH3 is 2. The van der Waals surface area contributed by atoms with Gasteiger partial charge in [0.2, 0.25) is 11.8 Å². The van der Waals surface area contributed by atoms with E-state index >= 15 is 0 Å². The fourth-order valence-electron chi connectivity index (χ4n) is 2.67. The van der Waals surface area contributed by atoms with E-state index in [0.717, 1.165) is 5.69 Å². The Bertz CT molecular complexity index is 704. The third-order valence-corrected chi connectivity index (χ3v) is 3.86.